The van der Waals surface area contributed by atoms with Crippen molar-refractivity contribution in [2.75, 3.05) is 7.11 Å². The summed E-state index contributed by atoms with van der Waals surface area (Å²) in [7, 11) is 1.49. The molecule has 0 saturated heterocycles. The van der Waals surface area contributed by atoms with Crippen LogP contribution < -0.4 is 9.47 Å². The van der Waals surface area contributed by atoms with Crippen LogP contribution in [0.3, 0.4) is 0 Å². The van der Waals surface area contributed by atoms with E-state index in [4.69, 9.17) is 9.47 Å². The average Bonchev–Trinajstić information content (AvgIpc) is 2.69. The van der Waals surface area contributed by atoms with Gasteiger partial charge in [0.2, 0.25) is 0 Å². The van der Waals surface area contributed by atoms with Gasteiger partial charge in [-0.2, -0.15) is 0 Å². The number of aromatic hydroxyl groups is 2. The molecule has 0 unspecified atom stereocenters. The first-order chi connectivity index (χ1) is 15.8. The third-order valence-electron chi connectivity index (χ3n) is 5.77. The number of methoxy groups -OCH3 is 1. The third-order valence-corrected chi connectivity index (χ3v) is 5.77. The van der Waals surface area contributed by atoms with Gasteiger partial charge < -0.3 is 19.7 Å². The first-order valence-electron chi connectivity index (χ1n) is 11.6. The van der Waals surface area contributed by atoms with Gasteiger partial charge in [-0.3, -0.25) is 4.79 Å². The summed E-state index contributed by atoms with van der Waals surface area (Å²) >= 11 is 0. The van der Waals surface area contributed by atoms with Crippen molar-refractivity contribution < 1.29 is 24.5 Å². The molecule has 0 bridgehead atoms. The molecule has 0 atom stereocenters. The molecule has 0 aliphatic heterocycles. The van der Waals surface area contributed by atoms with Gasteiger partial charge in [0, 0.05) is 16.7 Å². The summed E-state index contributed by atoms with van der Waals surface area (Å²) in [5, 5.41) is 22.0. The Hall–Kier alpha value is -3.21. The summed E-state index contributed by atoms with van der Waals surface area (Å²) in [6.45, 7) is 13.8. The maximum Gasteiger partial charge on any atom is 0.197 e. The van der Waals surface area contributed by atoms with E-state index in [-0.39, 0.29) is 17.3 Å². The van der Waals surface area contributed by atoms with Crippen LogP contribution in [-0.4, -0.2) is 28.7 Å². The Morgan fingerprint density at radius 3 is 2.03 bits per heavy atom. The van der Waals surface area contributed by atoms with Crippen molar-refractivity contribution in [3.63, 3.8) is 0 Å². The molecule has 2 aromatic rings. The lowest BCUT2D eigenvalue weighted by molar-refractivity contribution is 0.103. The molecule has 3 rings (SSSR count). The zero-order valence-electron chi connectivity index (χ0n) is 21.5. The molecule has 0 aromatic heterocycles. The molecule has 2 aromatic carbocycles. The Bertz CT molecular complexity index is 1180. The number of hydrogen-bond acceptors (Lipinski definition) is 5. The first-order valence-corrected chi connectivity index (χ1v) is 11.6. The second-order valence-electron chi connectivity index (χ2n) is 10.4. The second-order valence-corrected chi connectivity index (χ2v) is 10.4. The van der Waals surface area contributed by atoms with Crippen LogP contribution in [-0.2, 0) is 19.3 Å². The SMILES string of the molecule is COc1c(O)cc2c(c1CC=C(C)C)C(=O)c1c(cc(OC(C)(C)C)c(CC=C(C)C)c1O)C2. The maximum absolute atomic E-state index is 13.9. The van der Waals surface area contributed by atoms with E-state index >= 15 is 0 Å². The Balaban J connectivity index is 2.27. The van der Waals surface area contributed by atoms with Crippen LogP contribution in [0.15, 0.2) is 35.4 Å². The van der Waals surface area contributed by atoms with Crippen molar-refractivity contribution in [1.29, 1.82) is 0 Å². The van der Waals surface area contributed by atoms with Crippen molar-refractivity contribution in [2.45, 2.75) is 73.3 Å². The lowest BCUT2D eigenvalue weighted by atomic mass is 9.79. The second kappa shape index (κ2) is 9.57. The smallest absolute Gasteiger partial charge is 0.197 e. The Labute approximate surface area is 202 Å². The van der Waals surface area contributed by atoms with Crippen molar-refractivity contribution in [3.8, 4) is 23.0 Å². The number of carbonyl (C=O) groups excluding carboxylic acids is 1. The highest BCUT2D eigenvalue weighted by molar-refractivity contribution is 6.15. The minimum Gasteiger partial charge on any atom is -0.507 e. The van der Waals surface area contributed by atoms with Gasteiger partial charge in [0.15, 0.2) is 17.3 Å². The molecule has 2 N–H and O–H groups in total. The molecule has 0 amide bonds. The van der Waals surface area contributed by atoms with Crippen molar-refractivity contribution >= 4 is 5.78 Å². The molecule has 5 heteroatoms. The predicted molar refractivity (Wildman–Crippen MR) is 136 cm³/mol. The van der Waals surface area contributed by atoms with Crippen LogP contribution in [0.25, 0.3) is 0 Å². The van der Waals surface area contributed by atoms with Gasteiger partial charge in [-0.05, 0) is 91.0 Å². The number of hydrogen-bond donors (Lipinski definition) is 2. The molecule has 0 saturated carbocycles. The molecule has 1 aliphatic rings. The van der Waals surface area contributed by atoms with E-state index in [2.05, 4.69) is 0 Å². The Morgan fingerprint density at radius 1 is 0.941 bits per heavy atom. The fraction of sp³-hybridized carbons (Fsp3) is 0.414. The number of fused-ring (bicyclic) bond motifs is 2. The highest BCUT2D eigenvalue weighted by Gasteiger charge is 2.34. The topological polar surface area (TPSA) is 76.0 Å². The van der Waals surface area contributed by atoms with E-state index in [0.29, 0.717) is 64.1 Å². The number of ether oxygens (including phenoxy) is 2. The van der Waals surface area contributed by atoms with Crippen LogP contribution in [0, 0.1) is 0 Å². The zero-order valence-corrected chi connectivity index (χ0v) is 21.5. The van der Waals surface area contributed by atoms with Gasteiger partial charge in [0.05, 0.1) is 12.7 Å². The molecule has 182 valence electrons. The van der Waals surface area contributed by atoms with Crippen LogP contribution in [0.2, 0.25) is 0 Å². The molecule has 0 spiro atoms. The molecule has 34 heavy (non-hydrogen) atoms. The predicted octanol–water partition coefficient (Wildman–Crippen LogP) is 6.44. The zero-order chi connectivity index (χ0) is 25.4. The average molecular weight is 465 g/mol. The molecule has 0 radical (unpaired) electrons. The number of ketones is 1. The van der Waals surface area contributed by atoms with Crippen LogP contribution in [0.1, 0.15) is 86.6 Å². The van der Waals surface area contributed by atoms with E-state index < -0.39 is 5.60 Å². The Morgan fingerprint density at radius 2 is 1.50 bits per heavy atom. The monoisotopic (exact) mass is 464 g/mol. The van der Waals surface area contributed by atoms with E-state index in [1.54, 1.807) is 6.07 Å². The van der Waals surface area contributed by atoms with Gasteiger partial charge in [-0.15, -0.1) is 0 Å². The largest absolute Gasteiger partial charge is 0.507 e. The molecule has 1 aliphatic carbocycles. The highest BCUT2D eigenvalue weighted by Crippen LogP contribution is 2.45. The molecule has 0 fully saturated rings. The van der Waals surface area contributed by atoms with Crippen LogP contribution in [0.4, 0.5) is 0 Å². The lowest BCUT2D eigenvalue weighted by Gasteiger charge is -2.28. The summed E-state index contributed by atoms with van der Waals surface area (Å²) in [5.74, 6) is 0.574. The van der Waals surface area contributed by atoms with Gasteiger partial charge >= 0.3 is 0 Å². The number of carbonyl (C=O) groups is 1. The highest BCUT2D eigenvalue weighted by atomic mass is 16.5. The van der Waals surface area contributed by atoms with Crippen LogP contribution >= 0.6 is 0 Å². The van der Waals surface area contributed by atoms with Crippen molar-refractivity contribution in [3.05, 3.63) is 68.8 Å². The molecule has 5 nitrogen and oxygen atoms in total. The summed E-state index contributed by atoms with van der Waals surface area (Å²) in [4.78, 5) is 13.9. The van der Waals surface area contributed by atoms with Gasteiger partial charge in [0.25, 0.3) is 0 Å². The fourth-order valence-electron chi connectivity index (χ4n) is 4.30. The normalized spacial score (nSPS) is 12.5. The lowest BCUT2D eigenvalue weighted by Crippen LogP contribution is -2.25. The van der Waals surface area contributed by atoms with Crippen molar-refractivity contribution in [1.82, 2.24) is 0 Å². The third kappa shape index (κ3) is 5.14. The maximum atomic E-state index is 13.9. The minimum absolute atomic E-state index is 0.00483. The number of rotatable bonds is 6. The van der Waals surface area contributed by atoms with Gasteiger partial charge in [-0.1, -0.05) is 23.3 Å². The number of benzene rings is 2. The number of phenols is 2. The summed E-state index contributed by atoms with van der Waals surface area (Å²) in [5.41, 5.74) is 5.17. The number of allylic oxidation sites excluding steroid dienone is 4. The summed E-state index contributed by atoms with van der Waals surface area (Å²) in [6.07, 6.45) is 5.31. The van der Waals surface area contributed by atoms with Crippen LogP contribution in [0.5, 0.6) is 23.0 Å². The first kappa shape index (κ1) is 25.4. The van der Waals surface area contributed by atoms with E-state index in [1.807, 2.05) is 66.7 Å². The minimum atomic E-state index is -0.472. The quantitative estimate of drug-likeness (QED) is 0.411. The van der Waals surface area contributed by atoms with E-state index in [9.17, 15) is 15.0 Å². The Kier molecular flexibility index (Phi) is 7.15. The summed E-state index contributed by atoms with van der Waals surface area (Å²) < 4.78 is 11.7. The number of phenolic OH excluding ortho intramolecular Hbond substituents is 2. The fourth-order valence-corrected chi connectivity index (χ4v) is 4.30. The molecular formula is C29H36O5. The van der Waals surface area contributed by atoms with E-state index in [0.717, 1.165) is 11.1 Å². The summed E-state index contributed by atoms with van der Waals surface area (Å²) in [6, 6.07) is 3.46. The van der Waals surface area contributed by atoms with Crippen molar-refractivity contribution in [2.24, 2.45) is 0 Å². The van der Waals surface area contributed by atoms with Gasteiger partial charge in [0.1, 0.15) is 17.1 Å². The molecular weight excluding hydrogens is 428 g/mol. The molecule has 0 heterocycles. The van der Waals surface area contributed by atoms with E-state index in [1.165, 1.54) is 7.11 Å². The van der Waals surface area contributed by atoms with Gasteiger partial charge in [-0.25, -0.2) is 0 Å². The standard InChI is InChI=1S/C29H36O5/c1-16(2)9-11-20-23(34-29(5,6)7)15-19-13-18-14-22(30)28(33-8)21(12-10-17(3)4)24(18)27(32)25(19)26(20)31/h9-10,14-15,30-31H,11-13H2,1-8H3.